The molecule has 1 unspecified atom stereocenters. The Morgan fingerprint density at radius 3 is 2.50 bits per heavy atom. The Morgan fingerprint density at radius 2 is 2.20 bits per heavy atom. The van der Waals surface area contributed by atoms with Crippen molar-refractivity contribution in [3.63, 3.8) is 0 Å². The first-order valence-corrected chi connectivity index (χ1v) is 5.11. The predicted octanol–water partition coefficient (Wildman–Crippen LogP) is 1.29. The minimum atomic E-state index is 0.0810. The van der Waals surface area contributed by atoms with Gasteiger partial charge in [-0.25, -0.2) is 0 Å². The summed E-state index contributed by atoms with van der Waals surface area (Å²) in [4.78, 5) is 12.7. The van der Waals surface area contributed by atoms with Crippen LogP contribution in [0.5, 0.6) is 0 Å². The van der Waals surface area contributed by atoms with Crippen LogP contribution in [0.25, 0.3) is 0 Å². The van der Waals surface area contributed by atoms with Crippen LogP contribution in [-0.2, 0) is 4.79 Å². The maximum atomic E-state index is 11.1. The second-order valence-corrected chi connectivity index (χ2v) is 3.80. The van der Waals surface area contributed by atoms with Crippen LogP contribution in [0.3, 0.4) is 0 Å². The van der Waals surface area contributed by atoms with Crippen LogP contribution < -0.4 is 0 Å². The Hall–Kier alpha value is 0.170. The van der Waals surface area contributed by atoms with Gasteiger partial charge in [-0.15, -0.1) is 11.7 Å². The van der Waals surface area contributed by atoms with Gasteiger partial charge in [0.15, 0.2) is 0 Å². The topological polar surface area (TPSA) is 20.3 Å². The van der Waals surface area contributed by atoms with E-state index in [1.165, 1.54) is 10.8 Å². The second-order valence-electron chi connectivity index (χ2n) is 2.43. The van der Waals surface area contributed by atoms with E-state index in [-0.39, 0.29) is 11.8 Å². The van der Waals surface area contributed by atoms with Crippen molar-refractivity contribution >= 4 is 28.4 Å². The zero-order valence-corrected chi connectivity index (χ0v) is 8.21. The molecule has 0 aromatic heterocycles. The molecule has 0 saturated heterocycles. The van der Waals surface area contributed by atoms with Gasteiger partial charge in [-0.3, -0.25) is 4.79 Å². The molecule has 0 radical (unpaired) electrons. The maximum absolute atomic E-state index is 11.1. The van der Waals surface area contributed by atoms with E-state index in [0.29, 0.717) is 0 Å². The summed E-state index contributed by atoms with van der Waals surface area (Å²) in [6, 6.07) is 0. The number of hydrogen-bond donors (Lipinski definition) is 1. The molecule has 1 amide bonds. The zero-order valence-electron chi connectivity index (χ0n) is 6.50. The van der Waals surface area contributed by atoms with E-state index < -0.39 is 0 Å². The van der Waals surface area contributed by atoms with E-state index >= 15 is 0 Å². The number of hydrogen-bond acceptors (Lipinski definition) is 3. The van der Waals surface area contributed by atoms with Gasteiger partial charge >= 0.3 is 0 Å². The lowest BCUT2D eigenvalue weighted by Gasteiger charge is -2.14. The van der Waals surface area contributed by atoms with Gasteiger partial charge in [0, 0.05) is 25.8 Å². The fraction of sp³-hybridized carbons (Fsp3) is 0.833. The summed E-state index contributed by atoms with van der Waals surface area (Å²) in [7, 11) is 4.93. The molecule has 0 aromatic carbocycles. The molecule has 0 aliphatic carbocycles. The molecule has 0 rings (SSSR count). The number of rotatable bonds is 3. The van der Waals surface area contributed by atoms with Gasteiger partial charge in [0.1, 0.15) is 0 Å². The van der Waals surface area contributed by atoms with Crippen molar-refractivity contribution in [3.05, 3.63) is 0 Å². The molecule has 0 aliphatic heterocycles. The number of carbonyl (C=O) groups excluding carboxylic acids is 1. The Balaban J connectivity index is 3.71. The monoisotopic (exact) mass is 179 g/mol. The van der Waals surface area contributed by atoms with Crippen LogP contribution in [0.1, 0.15) is 6.92 Å². The Labute approximate surface area is 71.2 Å². The molecule has 4 heteroatoms. The fourth-order valence-corrected chi connectivity index (χ4v) is 1.66. The van der Waals surface area contributed by atoms with Crippen LogP contribution in [0.15, 0.2) is 0 Å². The summed E-state index contributed by atoms with van der Waals surface area (Å²) in [5.74, 6) is 1.03. The third-order valence-corrected chi connectivity index (χ3v) is 2.28. The van der Waals surface area contributed by atoms with E-state index in [9.17, 15) is 4.79 Å². The van der Waals surface area contributed by atoms with Crippen molar-refractivity contribution in [2.45, 2.75) is 6.92 Å². The highest BCUT2D eigenvalue weighted by molar-refractivity contribution is 8.68. The quantitative estimate of drug-likeness (QED) is 0.520. The van der Waals surface area contributed by atoms with Crippen molar-refractivity contribution in [1.29, 1.82) is 0 Å². The lowest BCUT2D eigenvalue weighted by atomic mass is 10.2. The average molecular weight is 179 g/mol. The molecule has 0 heterocycles. The van der Waals surface area contributed by atoms with E-state index in [1.54, 1.807) is 19.0 Å². The molecule has 0 aliphatic rings. The summed E-state index contributed by atoms with van der Waals surface area (Å²) in [6.45, 7) is 1.91. The molecule has 10 heavy (non-hydrogen) atoms. The van der Waals surface area contributed by atoms with Crippen molar-refractivity contribution < 1.29 is 4.79 Å². The minimum absolute atomic E-state index is 0.0810. The highest BCUT2D eigenvalue weighted by Gasteiger charge is 2.13. The molecule has 1 atom stereocenters. The number of nitrogens with zero attached hydrogens (tertiary/aromatic N) is 1. The van der Waals surface area contributed by atoms with E-state index in [2.05, 4.69) is 11.7 Å². The van der Waals surface area contributed by atoms with Crippen LogP contribution in [-0.4, -0.2) is 30.7 Å². The minimum Gasteiger partial charge on any atom is -0.349 e. The van der Waals surface area contributed by atoms with Gasteiger partial charge in [-0.05, 0) is 0 Å². The van der Waals surface area contributed by atoms with E-state index in [4.69, 9.17) is 0 Å². The Kier molecular flexibility index (Phi) is 4.99. The molecule has 0 saturated carbocycles. The van der Waals surface area contributed by atoms with Gasteiger partial charge < -0.3 is 4.90 Å². The normalized spacial score (nSPS) is 12.8. The van der Waals surface area contributed by atoms with Crippen molar-refractivity contribution in [2.75, 3.05) is 19.8 Å². The van der Waals surface area contributed by atoms with Crippen LogP contribution in [0, 0.1) is 5.92 Å². The first-order chi connectivity index (χ1) is 4.59. The molecular formula is C6H13NOS2. The summed E-state index contributed by atoms with van der Waals surface area (Å²) < 4.78 is 0. The second kappa shape index (κ2) is 4.91. The largest absolute Gasteiger partial charge is 0.349 e. The summed E-state index contributed by atoms with van der Waals surface area (Å²) in [5, 5.41) is 0. The first-order valence-electron chi connectivity index (χ1n) is 3.07. The molecule has 0 spiro atoms. The van der Waals surface area contributed by atoms with E-state index in [0.717, 1.165) is 5.75 Å². The van der Waals surface area contributed by atoms with Gasteiger partial charge in [0.25, 0.3) is 0 Å². The SMILES string of the molecule is CC(CSS)C(=O)N(C)C. The van der Waals surface area contributed by atoms with Crippen LogP contribution in [0.4, 0.5) is 0 Å². The average Bonchev–Trinajstić information content (AvgIpc) is 1.87. The van der Waals surface area contributed by atoms with Crippen molar-refractivity contribution in [2.24, 2.45) is 5.92 Å². The summed E-state index contributed by atoms with van der Waals surface area (Å²) in [5.41, 5.74) is 0. The predicted molar refractivity (Wildman–Crippen MR) is 49.3 cm³/mol. The molecule has 2 nitrogen and oxygen atoms in total. The summed E-state index contributed by atoms with van der Waals surface area (Å²) >= 11 is 3.97. The van der Waals surface area contributed by atoms with Gasteiger partial charge in [-0.2, -0.15) is 0 Å². The smallest absolute Gasteiger partial charge is 0.225 e. The van der Waals surface area contributed by atoms with E-state index in [1.807, 2.05) is 6.92 Å². The van der Waals surface area contributed by atoms with Crippen LogP contribution >= 0.6 is 22.5 Å². The summed E-state index contributed by atoms with van der Waals surface area (Å²) in [6.07, 6.45) is 0. The number of carbonyl (C=O) groups is 1. The molecule has 0 N–H and O–H groups in total. The first kappa shape index (κ1) is 10.2. The highest BCUT2D eigenvalue weighted by atomic mass is 33.1. The maximum Gasteiger partial charge on any atom is 0.225 e. The molecule has 0 aromatic rings. The molecule has 0 bridgehead atoms. The van der Waals surface area contributed by atoms with Crippen molar-refractivity contribution in [1.82, 2.24) is 4.90 Å². The standard InChI is InChI=1S/C6H13NOS2/c1-5(4-10-9)6(8)7(2)3/h5,9H,4H2,1-3H3. The van der Waals surface area contributed by atoms with Gasteiger partial charge in [0.05, 0.1) is 0 Å². The van der Waals surface area contributed by atoms with Crippen LogP contribution in [0.2, 0.25) is 0 Å². The number of amides is 1. The molecular weight excluding hydrogens is 166 g/mol. The molecule has 0 fully saturated rings. The third-order valence-electron chi connectivity index (χ3n) is 1.19. The zero-order chi connectivity index (χ0) is 8.15. The number of thiol groups is 1. The van der Waals surface area contributed by atoms with Gasteiger partial charge in [-0.1, -0.05) is 17.7 Å². The lowest BCUT2D eigenvalue weighted by molar-refractivity contribution is -0.131. The Morgan fingerprint density at radius 1 is 1.70 bits per heavy atom. The Bertz CT molecular complexity index is 116. The van der Waals surface area contributed by atoms with Gasteiger partial charge in [0.2, 0.25) is 5.91 Å². The molecule has 60 valence electrons. The highest BCUT2D eigenvalue weighted by Crippen LogP contribution is 2.12. The third kappa shape index (κ3) is 3.37. The fourth-order valence-electron chi connectivity index (χ4n) is 0.624. The van der Waals surface area contributed by atoms with Crippen molar-refractivity contribution in [3.8, 4) is 0 Å². The lowest BCUT2D eigenvalue weighted by Crippen LogP contribution is -2.28.